The van der Waals surface area contributed by atoms with Crippen LogP contribution in [-0.4, -0.2) is 66.7 Å². The van der Waals surface area contributed by atoms with Gasteiger partial charge in [0.2, 0.25) is 5.13 Å². The van der Waals surface area contributed by atoms with Gasteiger partial charge in [-0.05, 0) is 24.6 Å². The number of azo groups is 1. The molecule has 1 unspecified atom stereocenters. The summed E-state index contributed by atoms with van der Waals surface area (Å²) in [6, 6.07) is 8.68. The molecule has 1 N–H and O–H groups in total. The summed E-state index contributed by atoms with van der Waals surface area (Å²) in [4.78, 5) is 6.71. The standard InChI is InChI=1S/C19H27N6S/c1-16(20-6-11-25-12-8-24(9-13-25)10-14-25)17-2-4-18(5-3-17)22-23-19-21-7-15-26-19/h2-5,7,15-16,20H,6,8-14H2,1H3/q+1. The minimum absolute atomic E-state index is 0.351. The van der Waals surface area contributed by atoms with Crippen LogP contribution in [0.25, 0.3) is 0 Å². The van der Waals surface area contributed by atoms with Crippen molar-refractivity contribution in [1.82, 2.24) is 15.2 Å². The fourth-order valence-electron chi connectivity index (χ4n) is 3.90. The van der Waals surface area contributed by atoms with E-state index in [1.54, 1.807) is 6.20 Å². The van der Waals surface area contributed by atoms with Gasteiger partial charge in [0.25, 0.3) is 0 Å². The smallest absolute Gasteiger partial charge is 0.229 e. The van der Waals surface area contributed by atoms with Crippen molar-refractivity contribution in [3.8, 4) is 0 Å². The molecule has 3 aliphatic rings. The van der Waals surface area contributed by atoms with Gasteiger partial charge in [0.1, 0.15) is 0 Å². The van der Waals surface area contributed by atoms with E-state index in [9.17, 15) is 0 Å². The van der Waals surface area contributed by atoms with Crippen LogP contribution < -0.4 is 5.32 Å². The number of benzene rings is 1. The van der Waals surface area contributed by atoms with Crippen LogP contribution in [0.15, 0.2) is 46.1 Å². The predicted octanol–water partition coefficient (Wildman–Crippen LogP) is 3.36. The maximum Gasteiger partial charge on any atom is 0.229 e. The summed E-state index contributed by atoms with van der Waals surface area (Å²) < 4.78 is 1.31. The summed E-state index contributed by atoms with van der Waals surface area (Å²) >= 11 is 1.49. The summed E-state index contributed by atoms with van der Waals surface area (Å²) in [6.07, 6.45) is 1.74. The molecule has 26 heavy (non-hydrogen) atoms. The van der Waals surface area contributed by atoms with Crippen LogP contribution in [0.1, 0.15) is 18.5 Å². The van der Waals surface area contributed by atoms with Gasteiger partial charge in [-0.1, -0.05) is 12.1 Å². The third-order valence-corrected chi connectivity index (χ3v) is 6.43. The number of nitrogens with zero attached hydrogens (tertiary/aromatic N) is 5. The maximum atomic E-state index is 4.24. The van der Waals surface area contributed by atoms with Gasteiger partial charge in [-0.2, -0.15) is 0 Å². The zero-order valence-corrected chi connectivity index (χ0v) is 16.2. The Bertz CT molecular complexity index is 705. The molecule has 3 aliphatic heterocycles. The lowest BCUT2D eigenvalue weighted by atomic mass is 10.1. The molecule has 0 amide bonds. The number of thiazole rings is 1. The third-order valence-electron chi connectivity index (χ3n) is 5.77. The van der Waals surface area contributed by atoms with Crippen molar-refractivity contribution in [2.24, 2.45) is 10.2 Å². The summed E-state index contributed by atoms with van der Waals surface area (Å²) in [5, 5.41) is 14.7. The first-order valence-corrected chi connectivity index (χ1v) is 10.3. The van der Waals surface area contributed by atoms with Crippen LogP contribution in [-0.2, 0) is 0 Å². The van der Waals surface area contributed by atoms with Crippen LogP contribution in [0.4, 0.5) is 10.8 Å². The van der Waals surface area contributed by atoms with E-state index in [-0.39, 0.29) is 0 Å². The van der Waals surface area contributed by atoms with Crippen molar-refractivity contribution in [1.29, 1.82) is 0 Å². The van der Waals surface area contributed by atoms with Crippen LogP contribution in [0.5, 0.6) is 0 Å². The number of piperazine rings is 3. The molecule has 5 rings (SSSR count). The maximum absolute atomic E-state index is 4.24. The van der Waals surface area contributed by atoms with E-state index in [1.807, 2.05) is 17.5 Å². The highest BCUT2D eigenvalue weighted by Crippen LogP contribution is 2.22. The van der Waals surface area contributed by atoms with E-state index in [0.29, 0.717) is 11.2 Å². The van der Waals surface area contributed by atoms with Gasteiger partial charge in [-0.25, -0.2) is 4.98 Å². The van der Waals surface area contributed by atoms with Crippen LogP contribution in [0.3, 0.4) is 0 Å². The fraction of sp³-hybridized carbons (Fsp3) is 0.526. The van der Waals surface area contributed by atoms with Crippen molar-refractivity contribution < 1.29 is 4.48 Å². The molecule has 1 aromatic heterocycles. The monoisotopic (exact) mass is 371 g/mol. The number of aromatic nitrogens is 1. The first-order chi connectivity index (χ1) is 12.7. The zero-order valence-electron chi connectivity index (χ0n) is 15.3. The van der Waals surface area contributed by atoms with Gasteiger partial charge in [0, 0.05) is 43.8 Å². The summed E-state index contributed by atoms with van der Waals surface area (Å²) in [5.74, 6) is 0. The van der Waals surface area contributed by atoms with Gasteiger partial charge in [-0.15, -0.1) is 21.6 Å². The molecule has 3 fully saturated rings. The number of quaternary nitrogens is 1. The second kappa shape index (κ2) is 7.92. The van der Waals surface area contributed by atoms with E-state index < -0.39 is 0 Å². The average molecular weight is 372 g/mol. The molecule has 3 saturated heterocycles. The molecular weight excluding hydrogens is 344 g/mol. The molecule has 138 valence electrons. The van der Waals surface area contributed by atoms with E-state index >= 15 is 0 Å². The number of fused-ring (bicyclic) bond motifs is 3. The molecule has 0 saturated carbocycles. The third kappa shape index (κ3) is 4.17. The van der Waals surface area contributed by atoms with Crippen LogP contribution >= 0.6 is 11.3 Å². The first kappa shape index (κ1) is 17.7. The number of rotatable bonds is 7. The quantitative estimate of drug-likeness (QED) is 0.600. The Morgan fingerprint density at radius 2 is 1.88 bits per heavy atom. The van der Waals surface area contributed by atoms with Gasteiger partial charge in [0.15, 0.2) is 0 Å². The average Bonchev–Trinajstić information content (AvgIpc) is 3.22. The van der Waals surface area contributed by atoms with Crippen molar-refractivity contribution in [3.63, 3.8) is 0 Å². The van der Waals surface area contributed by atoms with E-state index in [0.717, 1.165) is 12.2 Å². The van der Waals surface area contributed by atoms with Gasteiger partial charge >= 0.3 is 0 Å². The van der Waals surface area contributed by atoms with Crippen molar-refractivity contribution in [2.45, 2.75) is 13.0 Å². The lowest BCUT2D eigenvalue weighted by Crippen LogP contribution is -2.68. The van der Waals surface area contributed by atoms with Crippen molar-refractivity contribution in [3.05, 3.63) is 41.4 Å². The molecule has 1 aromatic carbocycles. The Labute approximate surface area is 159 Å². The van der Waals surface area contributed by atoms with Crippen molar-refractivity contribution >= 4 is 22.2 Å². The molecule has 0 aliphatic carbocycles. The van der Waals surface area contributed by atoms with Gasteiger partial charge in [-0.3, -0.25) is 4.90 Å². The number of nitrogens with one attached hydrogen (secondary N) is 1. The largest absolute Gasteiger partial charge is 0.319 e. The first-order valence-electron chi connectivity index (χ1n) is 9.45. The SMILES string of the molecule is CC(NCC[N+]12CCN(CC1)CC2)c1ccc(N=Nc2nccs2)cc1. The fourth-order valence-corrected chi connectivity index (χ4v) is 4.35. The van der Waals surface area contributed by atoms with Gasteiger partial charge in [0.05, 0.1) is 31.9 Å². The molecule has 2 bridgehead atoms. The zero-order chi connectivity index (χ0) is 17.8. The molecule has 2 aromatic rings. The van der Waals surface area contributed by atoms with Crippen molar-refractivity contribution in [2.75, 3.05) is 52.4 Å². The topological polar surface area (TPSA) is 52.9 Å². The summed E-state index contributed by atoms with van der Waals surface area (Å²) in [6.45, 7) is 12.4. The molecular formula is C19H27N6S+. The van der Waals surface area contributed by atoms with E-state index in [4.69, 9.17) is 0 Å². The molecule has 7 heteroatoms. The Hall–Kier alpha value is -1.67. The highest BCUT2D eigenvalue weighted by molar-refractivity contribution is 7.13. The Kier molecular flexibility index (Phi) is 5.40. The molecule has 0 radical (unpaired) electrons. The van der Waals surface area contributed by atoms with Crippen LogP contribution in [0.2, 0.25) is 0 Å². The number of hydrogen-bond acceptors (Lipinski definition) is 6. The normalized spacial score (nSPS) is 26.4. The minimum atomic E-state index is 0.351. The summed E-state index contributed by atoms with van der Waals surface area (Å²) in [7, 11) is 0. The lowest BCUT2D eigenvalue weighted by molar-refractivity contribution is -0.939. The lowest BCUT2D eigenvalue weighted by Gasteiger charge is -2.50. The number of hydrogen-bond donors (Lipinski definition) is 1. The van der Waals surface area contributed by atoms with E-state index in [2.05, 4.69) is 44.5 Å². The highest BCUT2D eigenvalue weighted by atomic mass is 32.1. The van der Waals surface area contributed by atoms with Gasteiger partial charge < -0.3 is 9.80 Å². The second-order valence-corrected chi connectivity index (χ2v) is 8.23. The molecule has 6 nitrogen and oxygen atoms in total. The van der Waals surface area contributed by atoms with E-state index in [1.165, 1.54) is 67.2 Å². The summed E-state index contributed by atoms with van der Waals surface area (Å²) in [5.41, 5.74) is 2.15. The van der Waals surface area contributed by atoms with Crippen LogP contribution in [0, 0.1) is 0 Å². The predicted molar refractivity (Wildman–Crippen MR) is 105 cm³/mol. The Morgan fingerprint density at radius 1 is 1.15 bits per heavy atom. The minimum Gasteiger partial charge on any atom is -0.319 e. The second-order valence-electron chi connectivity index (χ2n) is 7.36. The molecule has 4 heterocycles. The molecule has 0 spiro atoms. The Balaban J connectivity index is 1.27. The highest BCUT2D eigenvalue weighted by Gasteiger charge is 2.37. The Morgan fingerprint density at radius 3 is 2.54 bits per heavy atom. The molecule has 1 atom stereocenters.